The summed E-state index contributed by atoms with van der Waals surface area (Å²) in [7, 11) is 0. The molecule has 4 nitrogen and oxygen atoms in total. The normalized spacial score (nSPS) is 12.9. The van der Waals surface area contributed by atoms with Crippen molar-refractivity contribution in [3.05, 3.63) is 0 Å². The van der Waals surface area contributed by atoms with Gasteiger partial charge in [0.15, 0.2) is 0 Å². The minimum absolute atomic E-state index is 0.0395. The van der Waals surface area contributed by atoms with Crippen LogP contribution < -0.4 is 0 Å². The first kappa shape index (κ1) is 16.9. The van der Waals surface area contributed by atoms with Crippen LogP contribution in [0.15, 0.2) is 0 Å². The molecule has 0 aromatic rings. The highest BCUT2D eigenvalue weighted by Gasteiger charge is 2.26. The minimum Gasteiger partial charge on any atom is -0.444 e. The molecule has 0 heterocycles. The predicted molar refractivity (Wildman–Crippen MR) is 72.6 cm³/mol. The number of nitrogens with zero attached hydrogens (tertiary/aromatic N) is 1. The summed E-state index contributed by atoms with van der Waals surface area (Å²) in [6, 6.07) is -0.0395. The monoisotopic (exact) mass is 257 g/mol. The quantitative estimate of drug-likeness (QED) is 0.657. The van der Waals surface area contributed by atoms with Crippen LogP contribution in [0.2, 0.25) is 0 Å². The van der Waals surface area contributed by atoms with Crippen molar-refractivity contribution in [2.45, 2.75) is 71.9 Å². The maximum absolute atomic E-state index is 12.1. The maximum atomic E-state index is 12.1. The van der Waals surface area contributed by atoms with Crippen LogP contribution in [0.3, 0.4) is 0 Å². The summed E-state index contributed by atoms with van der Waals surface area (Å²) >= 11 is 0. The van der Waals surface area contributed by atoms with Gasteiger partial charge in [0, 0.05) is 19.0 Å². The lowest BCUT2D eigenvalue weighted by Gasteiger charge is -2.32. The van der Waals surface area contributed by atoms with Crippen LogP contribution in [0.25, 0.3) is 0 Å². The molecule has 0 N–H and O–H groups in total. The molecule has 0 aromatic carbocycles. The highest BCUT2D eigenvalue weighted by atomic mass is 16.6. The van der Waals surface area contributed by atoms with Crippen molar-refractivity contribution < 1.29 is 14.3 Å². The molecule has 18 heavy (non-hydrogen) atoms. The first-order valence-electron chi connectivity index (χ1n) is 6.79. The molecule has 0 saturated heterocycles. The number of aldehydes is 1. The third-order valence-corrected chi connectivity index (χ3v) is 2.52. The van der Waals surface area contributed by atoms with E-state index in [4.69, 9.17) is 4.74 Å². The van der Waals surface area contributed by atoms with E-state index in [1.165, 1.54) is 0 Å². The summed E-state index contributed by atoms with van der Waals surface area (Å²) in [6.45, 7) is 10.3. The van der Waals surface area contributed by atoms with E-state index in [-0.39, 0.29) is 12.1 Å². The molecule has 0 saturated carbocycles. The Hall–Kier alpha value is -1.06. The van der Waals surface area contributed by atoms with E-state index >= 15 is 0 Å². The number of ether oxygens (including phenoxy) is 1. The molecule has 0 aliphatic rings. The molecule has 0 rings (SSSR count). The van der Waals surface area contributed by atoms with Crippen LogP contribution in [-0.4, -0.2) is 35.5 Å². The third kappa shape index (κ3) is 6.62. The van der Waals surface area contributed by atoms with Crippen LogP contribution in [0.4, 0.5) is 4.79 Å². The Bertz CT molecular complexity index is 258. The molecular formula is C14H27NO3. The van der Waals surface area contributed by atoms with Gasteiger partial charge in [0.25, 0.3) is 0 Å². The SMILES string of the molecule is CCCC(CC=O)N(CCC)C(=O)OC(C)(C)C. The van der Waals surface area contributed by atoms with Crippen LogP contribution >= 0.6 is 0 Å². The molecule has 0 fully saturated rings. The number of hydrogen-bond acceptors (Lipinski definition) is 3. The third-order valence-electron chi connectivity index (χ3n) is 2.52. The van der Waals surface area contributed by atoms with Crippen molar-refractivity contribution in [1.82, 2.24) is 4.90 Å². The molecule has 106 valence electrons. The molecule has 1 atom stereocenters. The van der Waals surface area contributed by atoms with E-state index < -0.39 is 5.60 Å². The van der Waals surface area contributed by atoms with E-state index in [0.717, 1.165) is 25.5 Å². The van der Waals surface area contributed by atoms with E-state index in [9.17, 15) is 9.59 Å². The molecule has 0 radical (unpaired) electrons. The maximum Gasteiger partial charge on any atom is 0.410 e. The predicted octanol–water partition coefficient (Wildman–Crippen LogP) is 3.39. The highest BCUT2D eigenvalue weighted by Crippen LogP contribution is 2.16. The second-order valence-electron chi connectivity index (χ2n) is 5.52. The van der Waals surface area contributed by atoms with Gasteiger partial charge in [-0.15, -0.1) is 0 Å². The van der Waals surface area contributed by atoms with Gasteiger partial charge in [-0.05, 0) is 33.6 Å². The van der Waals surface area contributed by atoms with Crippen LogP contribution in [0, 0.1) is 0 Å². The fraction of sp³-hybridized carbons (Fsp3) is 0.857. The lowest BCUT2D eigenvalue weighted by atomic mass is 10.1. The molecule has 0 bridgehead atoms. The Labute approximate surface area is 111 Å². The summed E-state index contributed by atoms with van der Waals surface area (Å²) in [5.74, 6) is 0. The second kappa shape index (κ2) is 8.11. The van der Waals surface area contributed by atoms with Crippen LogP contribution in [0.1, 0.15) is 60.3 Å². The first-order chi connectivity index (χ1) is 8.35. The molecule has 0 spiro atoms. The number of amides is 1. The standard InChI is InChI=1S/C14H27NO3/c1-6-8-12(9-11-16)15(10-7-2)13(17)18-14(3,4)5/h11-12H,6-10H2,1-5H3. The average Bonchev–Trinajstić information content (AvgIpc) is 2.23. The van der Waals surface area contributed by atoms with E-state index in [1.54, 1.807) is 4.90 Å². The second-order valence-corrected chi connectivity index (χ2v) is 5.52. The van der Waals surface area contributed by atoms with Gasteiger partial charge in [-0.1, -0.05) is 20.3 Å². The van der Waals surface area contributed by atoms with Gasteiger partial charge in [-0.2, -0.15) is 0 Å². The van der Waals surface area contributed by atoms with E-state index in [2.05, 4.69) is 6.92 Å². The number of carbonyl (C=O) groups is 2. The lowest BCUT2D eigenvalue weighted by Crippen LogP contribution is -2.44. The van der Waals surface area contributed by atoms with Crippen LogP contribution in [-0.2, 0) is 9.53 Å². The minimum atomic E-state index is -0.499. The highest BCUT2D eigenvalue weighted by molar-refractivity contribution is 5.69. The summed E-state index contributed by atoms with van der Waals surface area (Å²) in [4.78, 5) is 24.6. The van der Waals surface area contributed by atoms with Gasteiger partial charge >= 0.3 is 6.09 Å². The van der Waals surface area contributed by atoms with Gasteiger partial charge in [-0.3, -0.25) is 0 Å². The fourth-order valence-electron chi connectivity index (χ4n) is 1.83. The van der Waals surface area contributed by atoms with Crippen molar-refractivity contribution in [2.75, 3.05) is 6.54 Å². The summed E-state index contributed by atoms with van der Waals surface area (Å²) in [5.41, 5.74) is -0.499. The molecule has 4 heteroatoms. The van der Waals surface area contributed by atoms with E-state index in [1.807, 2.05) is 27.7 Å². The van der Waals surface area contributed by atoms with Gasteiger partial charge < -0.3 is 14.4 Å². The van der Waals surface area contributed by atoms with Crippen molar-refractivity contribution in [3.8, 4) is 0 Å². The molecule has 1 unspecified atom stereocenters. The summed E-state index contributed by atoms with van der Waals surface area (Å²) in [6.07, 6.45) is 3.59. The fourth-order valence-corrected chi connectivity index (χ4v) is 1.83. The van der Waals surface area contributed by atoms with Crippen molar-refractivity contribution >= 4 is 12.4 Å². The van der Waals surface area contributed by atoms with E-state index in [0.29, 0.717) is 13.0 Å². The average molecular weight is 257 g/mol. The largest absolute Gasteiger partial charge is 0.444 e. The van der Waals surface area contributed by atoms with Gasteiger partial charge in [0.05, 0.1) is 0 Å². The Balaban J connectivity index is 4.77. The van der Waals surface area contributed by atoms with Crippen molar-refractivity contribution in [3.63, 3.8) is 0 Å². The molecule has 0 aromatic heterocycles. The molecule has 0 aliphatic heterocycles. The Morgan fingerprint density at radius 2 is 1.89 bits per heavy atom. The smallest absolute Gasteiger partial charge is 0.410 e. The summed E-state index contributed by atoms with van der Waals surface area (Å²) < 4.78 is 5.40. The van der Waals surface area contributed by atoms with Crippen molar-refractivity contribution in [1.29, 1.82) is 0 Å². The molecular weight excluding hydrogens is 230 g/mol. The Kier molecular flexibility index (Phi) is 7.64. The molecule has 0 aliphatic carbocycles. The van der Waals surface area contributed by atoms with Gasteiger partial charge in [0.2, 0.25) is 0 Å². The summed E-state index contributed by atoms with van der Waals surface area (Å²) in [5, 5.41) is 0. The van der Waals surface area contributed by atoms with Crippen LogP contribution in [0.5, 0.6) is 0 Å². The van der Waals surface area contributed by atoms with Gasteiger partial charge in [0.1, 0.15) is 11.9 Å². The Morgan fingerprint density at radius 3 is 2.28 bits per heavy atom. The Morgan fingerprint density at radius 1 is 1.28 bits per heavy atom. The lowest BCUT2D eigenvalue weighted by molar-refractivity contribution is -0.108. The number of rotatable bonds is 7. The topological polar surface area (TPSA) is 46.6 Å². The molecule has 1 amide bonds. The zero-order valence-electron chi connectivity index (χ0n) is 12.4. The first-order valence-corrected chi connectivity index (χ1v) is 6.79. The zero-order chi connectivity index (χ0) is 14.2. The van der Waals surface area contributed by atoms with Crippen molar-refractivity contribution in [2.24, 2.45) is 0 Å². The number of hydrogen-bond donors (Lipinski definition) is 0. The number of carbonyl (C=O) groups excluding carboxylic acids is 2. The van der Waals surface area contributed by atoms with Gasteiger partial charge in [-0.25, -0.2) is 4.79 Å². The zero-order valence-corrected chi connectivity index (χ0v) is 12.4.